The minimum absolute atomic E-state index is 0.0114. The Balaban J connectivity index is 1.63. The fourth-order valence-corrected chi connectivity index (χ4v) is 7.58. The summed E-state index contributed by atoms with van der Waals surface area (Å²) in [5.41, 5.74) is 3.01. The molecule has 1 saturated carbocycles. The molecule has 2 aromatic rings. The first-order chi connectivity index (χ1) is 14.4. The average Bonchev–Trinajstić information content (AvgIpc) is 2.82. The van der Waals surface area contributed by atoms with Gasteiger partial charge in [0, 0.05) is 31.4 Å². The van der Waals surface area contributed by atoms with Gasteiger partial charge in [-0.15, -0.1) is 0 Å². The Bertz CT molecular complexity index is 1010. The summed E-state index contributed by atoms with van der Waals surface area (Å²) < 4.78 is 26.3. The third-order valence-corrected chi connectivity index (χ3v) is 9.64. The number of hydrogen-bond acceptors (Lipinski definition) is 4. The largest absolute Gasteiger partial charge is 0.337 e. The monoisotopic (exact) mass is 426 g/mol. The first-order valence-corrected chi connectivity index (χ1v) is 12.5. The summed E-state index contributed by atoms with van der Waals surface area (Å²) in [6.07, 6.45) is 5.92. The zero-order valence-electron chi connectivity index (χ0n) is 17.6. The number of carbonyl (C=O) groups excluding carboxylic acids is 1. The van der Waals surface area contributed by atoms with Crippen molar-refractivity contribution in [1.29, 1.82) is 0 Å². The SMILES string of the molecule is Cc1ncccc1CN1CCS(=O)(=O)C2(CCCCC2Cc2ccccc2)CC1=O. The van der Waals surface area contributed by atoms with Crippen LogP contribution in [0, 0.1) is 12.8 Å². The van der Waals surface area contributed by atoms with Crippen molar-refractivity contribution in [3.63, 3.8) is 0 Å². The second-order valence-electron chi connectivity index (χ2n) is 8.76. The van der Waals surface area contributed by atoms with Gasteiger partial charge in [-0.25, -0.2) is 8.42 Å². The van der Waals surface area contributed by atoms with Gasteiger partial charge in [0.15, 0.2) is 9.84 Å². The average molecular weight is 427 g/mol. The van der Waals surface area contributed by atoms with Crippen molar-refractivity contribution in [1.82, 2.24) is 9.88 Å². The molecule has 1 aliphatic heterocycles. The molecule has 1 aliphatic carbocycles. The Kier molecular flexibility index (Phi) is 5.96. The van der Waals surface area contributed by atoms with Gasteiger partial charge in [0.05, 0.1) is 10.5 Å². The standard InChI is InChI=1S/C24H30N2O3S/c1-19-21(10-7-13-25-19)18-26-14-15-30(28,29)24(17-23(26)27)12-6-5-11-22(24)16-20-8-3-2-4-9-20/h2-4,7-10,13,22H,5-6,11-12,14-18H2,1H3. The number of nitrogens with zero attached hydrogens (tertiary/aromatic N) is 2. The van der Waals surface area contributed by atoms with Gasteiger partial charge >= 0.3 is 0 Å². The van der Waals surface area contributed by atoms with Crippen LogP contribution in [-0.4, -0.2) is 41.3 Å². The number of rotatable bonds is 4. The van der Waals surface area contributed by atoms with E-state index < -0.39 is 14.6 Å². The fourth-order valence-electron chi connectivity index (χ4n) is 5.20. The first kappa shape index (κ1) is 21.0. The van der Waals surface area contributed by atoms with E-state index in [-0.39, 0.29) is 30.5 Å². The van der Waals surface area contributed by atoms with Crippen LogP contribution in [0.25, 0.3) is 0 Å². The molecule has 5 nitrogen and oxygen atoms in total. The van der Waals surface area contributed by atoms with Crippen molar-refractivity contribution in [2.45, 2.75) is 56.7 Å². The molecule has 1 aromatic carbocycles. The van der Waals surface area contributed by atoms with Crippen LogP contribution in [0.5, 0.6) is 0 Å². The lowest BCUT2D eigenvalue weighted by Crippen LogP contribution is -2.50. The zero-order valence-corrected chi connectivity index (χ0v) is 18.4. The van der Waals surface area contributed by atoms with Crippen LogP contribution < -0.4 is 0 Å². The highest BCUT2D eigenvalue weighted by atomic mass is 32.2. The number of carbonyl (C=O) groups is 1. The molecule has 30 heavy (non-hydrogen) atoms. The molecule has 1 amide bonds. The van der Waals surface area contributed by atoms with Crippen molar-refractivity contribution in [2.75, 3.05) is 12.3 Å². The second kappa shape index (κ2) is 8.50. The molecule has 1 spiro atoms. The quantitative estimate of drug-likeness (QED) is 0.747. The molecule has 2 fully saturated rings. The molecule has 0 N–H and O–H groups in total. The molecule has 160 valence electrons. The van der Waals surface area contributed by atoms with Crippen LogP contribution in [-0.2, 0) is 27.6 Å². The predicted molar refractivity (Wildman–Crippen MR) is 118 cm³/mol. The van der Waals surface area contributed by atoms with Gasteiger partial charge in [0.2, 0.25) is 5.91 Å². The summed E-state index contributed by atoms with van der Waals surface area (Å²) in [4.78, 5) is 19.4. The molecule has 2 heterocycles. The third-order valence-electron chi connectivity index (χ3n) is 7.00. The molecule has 0 radical (unpaired) electrons. The summed E-state index contributed by atoms with van der Waals surface area (Å²) in [6, 6.07) is 13.9. The van der Waals surface area contributed by atoms with Crippen LogP contribution in [0.4, 0.5) is 0 Å². The Hall–Kier alpha value is -2.21. The van der Waals surface area contributed by atoms with E-state index in [1.807, 2.05) is 37.3 Å². The van der Waals surface area contributed by atoms with Crippen LogP contribution >= 0.6 is 0 Å². The van der Waals surface area contributed by atoms with Gasteiger partial charge in [0.1, 0.15) is 0 Å². The number of amides is 1. The van der Waals surface area contributed by atoms with Gasteiger partial charge in [-0.1, -0.05) is 49.2 Å². The van der Waals surface area contributed by atoms with Crippen molar-refractivity contribution in [2.24, 2.45) is 5.92 Å². The maximum Gasteiger partial charge on any atom is 0.224 e. The molecule has 2 aliphatic rings. The molecule has 1 aromatic heterocycles. The second-order valence-corrected chi connectivity index (χ2v) is 11.2. The van der Waals surface area contributed by atoms with Crippen molar-refractivity contribution in [3.8, 4) is 0 Å². The smallest absolute Gasteiger partial charge is 0.224 e. The Morgan fingerprint density at radius 3 is 2.70 bits per heavy atom. The number of aromatic nitrogens is 1. The van der Waals surface area contributed by atoms with Crippen LogP contribution in [0.1, 0.15) is 48.9 Å². The Morgan fingerprint density at radius 1 is 1.13 bits per heavy atom. The van der Waals surface area contributed by atoms with Gasteiger partial charge in [-0.05, 0) is 49.3 Å². The highest BCUT2D eigenvalue weighted by molar-refractivity contribution is 7.92. The van der Waals surface area contributed by atoms with Crippen LogP contribution in [0.15, 0.2) is 48.7 Å². The summed E-state index contributed by atoms with van der Waals surface area (Å²) in [5.74, 6) is -0.00875. The minimum Gasteiger partial charge on any atom is -0.337 e. The Labute approximate surface area is 179 Å². The van der Waals surface area contributed by atoms with Gasteiger partial charge in [-0.2, -0.15) is 0 Å². The first-order valence-electron chi connectivity index (χ1n) is 10.9. The van der Waals surface area contributed by atoms with Crippen molar-refractivity contribution < 1.29 is 13.2 Å². The molecule has 6 heteroatoms. The van der Waals surface area contributed by atoms with E-state index >= 15 is 0 Å². The lowest BCUT2D eigenvalue weighted by molar-refractivity contribution is -0.132. The van der Waals surface area contributed by atoms with E-state index in [1.54, 1.807) is 11.1 Å². The van der Waals surface area contributed by atoms with E-state index in [4.69, 9.17) is 0 Å². The fraction of sp³-hybridized carbons (Fsp3) is 0.500. The van der Waals surface area contributed by atoms with E-state index in [0.29, 0.717) is 13.0 Å². The molecule has 1 saturated heterocycles. The molecular weight excluding hydrogens is 396 g/mol. The maximum absolute atomic E-state index is 13.6. The summed E-state index contributed by atoms with van der Waals surface area (Å²) in [5, 5.41) is 0. The van der Waals surface area contributed by atoms with Gasteiger partial charge < -0.3 is 4.90 Å². The highest BCUT2D eigenvalue weighted by Gasteiger charge is 2.53. The Morgan fingerprint density at radius 2 is 1.93 bits per heavy atom. The molecule has 2 unspecified atom stereocenters. The number of pyridine rings is 1. The molecule has 4 rings (SSSR count). The number of sulfone groups is 1. The molecule has 0 bridgehead atoms. The topological polar surface area (TPSA) is 67.3 Å². The zero-order chi connectivity index (χ0) is 21.2. The minimum atomic E-state index is -3.40. The lowest BCUT2D eigenvalue weighted by atomic mass is 9.73. The van der Waals surface area contributed by atoms with Crippen LogP contribution in [0.3, 0.4) is 0 Å². The summed E-state index contributed by atoms with van der Waals surface area (Å²) in [6.45, 7) is 2.61. The third kappa shape index (κ3) is 4.02. The summed E-state index contributed by atoms with van der Waals surface area (Å²) in [7, 11) is -3.40. The van der Waals surface area contributed by atoms with E-state index in [2.05, 4.69) is 17.1 Å². The predicted octanol–water partition coefficient (Wildman–Crippen LogP) is 3.71. The van der Waals surface area contributed by atoms with Gasteiger partial charge in [-0.3, -0.25) is 9.78 Å². The highest BCUT2D eigenvalue weighted by Crippen LogP contribution is 2.46. The molecule has 2 atom stereocenters. The normalized spacial score (nSPS) is 26.5. The van der Waals surface area contributed by atoms with E-state index in [9.17, 15) is 13.2 Å². The van der Waals surface area contributed by atoms with Crippen LogP contribution in [0.2, 0.25) is 0 Å². The maximum atomic E-state index is 13.6. The van der Waals surface area contributed by atoms with E-state index in [0.717, 1.165) is 42.5 Å². The number of hydrogen-bond donors (Lipinski definition) is 0. The van der Waals surface area contributed by atoms with E-state index in [1.165, 1.54) is 0 Å². The molecular formula is C24H30N2O3S. The van der Waals surface area contributed by atoms with Crippen molar-refractivity contribution in [3.05, 3.63) is 65.5 Å². The summed E-state index contributed by atoms with van der Waals surface area (Å²) >= 11 is 0. The lowest BCUT2D eigenvalue weighted by Gasteiger charge is -2.42. The van der Waals surface area contributed by atoms with Crippen molar-refractivity contribution >= 4 is 15.7 Å². The number of benzene rings is 1. The number of aryl methyl sites for hydroxylation is 1. The van der Waals surface area contributed by atoms with Gasteiger partial charge in [0.25, 0.3) is 0 Å².